The highest BCUT2D eigenvalue weighted by Gasteiger charge is 2.38. The van der Waals surface area contributed by atoms with Crippen LogP contribution in [0.5, 0.6) is 0 Å². The Bertz CT molecular complexity index is 1630. The average molecular weight is 660 g/mol. The summed E-state index contributed by atoms with van der Waals surface area (Å²) >= 11 is 0. The molecule has 3 aromatic carbocycles. The zero-order valence-electron chi connectivity index (χ0n) is 25.2. The van der Waals surface area contributed by atoms with Crippen molar-refractivity contribution < 1.29 is 41.1 Å². The Labute approximate surface area is 265 Å². The molecule has 5 rings (SSSR count). The SMILES string of the molecule is CCS(=O)(=O)c1ccc([C@H](CO)NC(=O)c2ccc(N3CC(c4ccc(C(F)(F)F)cc4)CC[C@H]3C(=O)N3CCCO3)cc2)cc1. The van der Waals surface area contributed by atoms with Crippen molar-refractivity contribution in [3.05, 3.63) is 95.1 Å². The van der Waals surface area contributed by atoms with Crippen molar-refractivity contribution in [3.8, 4) is 0 Å². The summed E-state index contributed by atoms with van der Waals surface area (Å²) < 4.78 is 63.7. The molecule has 9 nitrogen and oxygen atoms in total. The number of benzene rings is 3. The summed E-state index contributed by atoms with van der Waals surface area (Å²) in [6, 6.07) is 16.4. The fraction of sp³-hybridized carbons (Fsp3) is 0.394. The minimum Gasteiger partial charge on any atom is -0.394 e. The molecule has 0 bridgehead atoms. The van der Waals surface area contributed by atoms with E-state index in [4.69, 9.17) is 4.84 Å². The van der Waals surface area contributed by atoms with E-state index < -0.39 is 46.2 Å². The largest absolute Gasteiger partial charge is 0.416 e. The number of piperidine rings is 1. The lowest BCUT2D eigenvalue weighted by Gasteiger charge is -2.41. The van der Waals surface area contributed by atoms with Gasteiger partial charge in [0.15, 0.2) is 9.84 Å². The number of carbonyl (C=O) groups excluding carboxylic acids is 2. The predicted octanol–water partition coefficient (Wildman–Crippen LogP) is 4.88. The van der Waals surface area contributed by atoms with Crippen LogP contribution in [0.1, 0.15) is 65.2 Å². The van der Waals surface area contributed by atoms with Gasteiger partial charge in [0, 0.05) is 23.7 Å². The van der Waals surface area contributed by atoms with E-state index in [1.807, 2.05) is 4.90 Å². The van der Waals surface area contributed by atoms with Crippen LogP contribution in [0.2, 0.25) is 0 Å². The van der Waals surface area contributed by atoms with Crippen LogP contribution < -0.4 is 10.2 Å². The second-order valence-corrected chi connectivity index (χ2v) is 13.7. The number of nitrogens with zero attached hydrogens (tertiary/aromatic N) is 2. The Kier molecular flexibility index (Phi) is 10.0. The first-order valence-corrected chi connectivity index (χ1v) is 16.8. The average Bonchev–Trinajstić information content (AvgIpc) is 3.62. The number of hydroxylamine groups is 2. The lowest BCUT2D eigenvalue weighted by Crippen LogP contribution is -2.52. The number of rotatable bonds is 9. The third kappa shape index (κ3) is 7.37. The summed E-state index contributed by atoms with van der Waals surface area (Å²) in [6.45, 7) is 2.44. The third-order valence-corrected chi connectivity index (χ3v) is 10.3. The molecule has 2 N–H and O–H groups in total. The van der Waals surface area contributed by atoms with Crippen LogP contribution in [0.15, 0.2) is 77.7 Å². The number of aliphatic hydroxyl groups is 1. The molecule has 3 aromatic rings. The maximum absolute atomic E-state index is 13.5. The zero-order chi connectivity index (χ0) is 33.1. The van der Waals surface area contributed by atoms with Gasteiger partial charge in [-0.1, -0.05) is 31.2 Å². The number of hydrogen-bond acceptors (Lipinski definition) is 7. The fourth-order valence-electron chi connectivity index (χ4n) is 5.87. The van der Waals surface area contributed by atoms with Gasteiger partial charge in [-0.2, -0.15) is 13.2 Å². The number of alkyl halides is 3. The molecule has 13 heteroatoms. The molecule has 0 spiro atoms. The van der Waals surface area contributed by atoms with Crippen molar-refractivity contribution in [1.82, 2.24) is 10.4 Å². The molecule has 1 unspecified atom stereocenters. The molecule has 0 aromatic heterocycles. The lowest BCUT2D eigenvalue weighted by atomic mass is 9.86. The molecular formula is C33H36F3N3O6S. The molecule has 46 heavy (non-hydrogen) atoms. The highest BCUT2D eigenvalue weighted by atomic mass is 32.2. The molecule has 0 radical (unpaired) electrons. The van der Waals surface area contributed by atoms with Crippen molar-refractivity contribution >= 4 is 27.3 Å². The maximum atomic E-state index is 13.5. The smallest absolute Gasteiger partial charge is 0.394 e. The molecule has 0 aliphatic carbocycles. The molecule has 246 valence electrons. The Balaban J connectivity index is 1.33. The quantitative estimate of drug-likeness (QED) is 0.337. The Morgan fingerprint density at radius 1 is 1.00 bits per heavy atom. The van der Waals surface area contributed by atoms with Crippen molar-refractivity contribution in [1.29, 1.82) is 0 Å². The number of anilines is 1. The minimum absolute atomic E-state index is 0.0451. The topological polar surface area (TPSA) is 116 Å². The molecule has 2 amide bonds. The van der Waals surface area contributed by atoms with Crippen molar-refractivity contribution in [2.45, 2.75) is 55.3 Å². The zero-order valence-corrected chi connectivity index (χ0v) is 26.1. The predicted molar refractivity (Wildman–Crippen MR) is 165 cm³/mol. The lowest BCUT2D eigenvalue weighted by molar-refractivity contribution is -0.170. The second kappa shape index (κ2) is 13.8. The summed E-state index contributed by atoms with van der Waals surface area (Å²) in [6.07, 6.45) is -2.64. The summed E-state index contributed by atoms with van der Waals surface area (Å²) in [5.74, 6) is -0.821. The fourth-order valence-corrected chi connectivity index (χ4v) is 6.76. The van der Waals surface area contributed by atoms with E-state index in [2.05, 4.69) is 5.32 Å². The summed E-state index contributed by atoms with van der Waals surface area (Å²) in [4.78, 5) is 34.2. The van der Waals surface area contributed by atoms with Gasteiger partial charge in [-0.15, -0.1) is 0 Å². The molecule has 2 fully saturated rings. The van der Waals surface area contributed by atoms with Crippen LogP contribution in [-0.4, -0.2) is 68.5 Å². The van der Waals surface area contributed by atoms with Gasteiger partial charge >= 0.3 is 6.18 Å². The van der Waals surface area contributed by atoms with E-state index >= 15 is 0 Å². The van der Waals surface area contributed by atoms with Crippen LogP contribution in [0.25, 0.3) is 0 Å². The van der Waals surface area contributed by atoms with E-state index in [1.165, 1.54) is 29.3 Å². The number of nitrogens with one attached hydrogen (secondary N) is 1. The first-order chi connectivity index (χ1) is 21.9. The van der Waals surface area contributed by atoms with Gasteiger partial charge in [0.25, 0.3) is 11.8 Å². The second-order valence-electron chi connectivity index (χ2n) is 11.4. The van der Waals surface area contributed by atoms with Gasteiger partial charge in [0.1, 0.15) is 6.04 Å². The highest BCUT2D eigenvalue weighted by Crippen LogP contribution is 2.36. The van der Waals surface area contributed by atoms with Gasteiger partial charge < -0.3 is 15.3 Å². The van der Waals surface area contributed by atoms with E-state index in [9.17, 15) is 36.3 Å². The molecule has 2 aliphatic heterocycles. The monoisotopic (exact) mass is 659 g/mol. The van der Waals surface area contributed by atoms with Gasteiger partial charge in [0.2, 0.25) is 0 Å². The first-order valence-electron chi connectivity index (χ1n) is 15.1. The van der Waals surface area contributed by atoms with Gasteiger partial charge in [0.05, 0.1) is 42.0 Å². The summed E-state index contributed by atoms with van der Waals surface area (Å²) in [5, 5.41) is 14.1. The number of halogens is 3. The minimum atomic E-state index is -4.43. The van der Waals surface area contributed by atoms with Crippen molar-refractivity contribution in [2.24, 2.45) is 0 Å². The number of sulfone groups is 1. The van der Waals surface area contributed by atoms with Crippen LogP contribution in [0.4, 0.5) is 18.9 Å². The first kappa shape index (κ1) is 33.4. The maximum Gasteiger partial charge on any atom is 0.416 e. The number of carbonyl (C=O) groups is 2. The van der Waals surface area contributed by atoms with Crippen LogP contribution in [0.3, 0.4) is 0 Å². The third-order valence-electron chi connectivity index (χ3n) is 8.55. The van der Waals surface area contributed by atoms with Crippen LogP contribution in [-0.2, 0) is 25.6 Å². The molecule has 2 heterocycles. The number of amides is 2. The van der Waals surface area contributed by atoms with Gasteiger partial charge in [-0.25, -0.2) is 13.5 Å². The molecule has 3 atom stereocenters. The van der Waals surface area contributed by atoms with Crippen LogP contribution >= 0.6 is 0 Å². The summed E-state index contributed by atoms with van der Waals surface area (Å²) in [7, 11) is -3.39. The Morgan fingerprint density at radius 3 is 2.24 bits per heavy atom. The molecular weight excluding hydrogens is 623 g/mol. The van der Waals surface area contributed by atoms with E-state index in [1.54, 1.807) is 43.3 Å². The van der Waals surface area contributed by atoms with Crippen molar-refractivity contribution in [3.63, 3.8) is 0 Å². The molecule has 0 saturated carbocycles. The number of hydrogen-bond donors (Lipinski definition) is 2. The normalized spacial score (nSPS) is 19.6. The highest BCUT2D eigenvalue weighted by molar-refractivity contribution is 7.91. The summed E-state index contributed by atoms with van der Waals surface area (Å²) in [5.41, 5.74) is 1.52. The van der Waals surface area contributed by atoms with Gasteiger partial charge in [-0.05, 0) is 78.9 Å². The van der Waals surface area contributed by atoms with E-state index in [-0.39, 0.29) is 22.5 Å². The standard InChI is InChI=1S/C33H36F3N3O6S/c1-2-46(43,44)28-15-8-23(9-16-28)29(21-40)37-31(41)24-6-13-27(14-7-24)38-20-25(22-4-11-26(12-5-22)33(34,35)36)10-17-30(38)32(42)39-18-3-19-45-39/h4-9,11-16,25,29-30,40H,2-3,10,17-21H2,1H3,(H,37,41)/t25?,29-,30-/m0/s1. The van der Waals surface area contributed by atoms with Crippen molar-refractivity contribution in [2.75, 3.05) is 37.0 Å². The number of aliphatic hydroxyl groups excluding tert-OH is 1. The van der Waals surface area contributed by atoms with E-state index in [0.717, 1.165) is 24.1 Å². The molecule has 2 saturated heterocycles. The Hall–Kier alpha value is -3.94. The Morgan fingerprint density at radius 2 is 1.67 bits per heavy atom. The van der Waals surface area contributed by atoms with E-state index in [0.29, 0.717) is 49.4 Å². The van der Waals surface area contributed by atoms with Crippen LogP contribution in [0, 0.1) is 0 Å². The molecule has 2 aliphatic rings. The van der Waals surface area contributed by atoms with Gasteiger partial charge in [-0.3, -0.25) is 14.4 Å².